The first-order chi connectivity index (χ1) is 11.4. The number of thiophene rings is 1. The topological polar surface area (TPSA) is 63.7 Å². The molecule has 5 nitrogen and oxygen atoms in total. The summed E-state index contributed by atoms with van der Waals surface area (Å²) in [4.78, 5) is 11.8. The molecular formula is C16H16ClNO4S2. The van der Waals surface area contributed by atoms with Gasteiger partial charge in [-0.25, -0.2) is 13.2 Å². The van der Waals surface area contributed by atoms with Crippen molar-refractivity contribution in [3.63, 3.8) is 0 Å². The van der Waals surface area contributed by atoms with Crippen LogP contribution in [0, 0.1) is 0 Å². The lowest BCUT2D eigenvalue weighted by Crippen LogP contribution is -2.30. The maximum absolute atomic E-state index is 12.8. The normalized spacial score (nSPS) is 11.1. The molecule has 0 aliphatic carbocycles. The van der Waals surface area contributed by atoms with Crippen LogP contribution in [-0.2, 0) is 14.8 Å². The number of carbonyl (C=O) groups excluding carboxylic acids is 1. The van der Waals surface area contributed by atoms with Crippen molar-refractivity contribution in [2.24, 2.45) is 0 Å². The average Bonchev–Trinajstić information content (AvgIpc) is 3.07. The second kappa shape index (κ2) is 7.83. The Hall–Kier alpha value is -1.83. The third kappa shape index (κ3) is 3.80. The minimum Gasteiger partial charge on any atom is -0.462 e. The van der Waals surface area contributed by atoms with Crippen molar-refractivity contribution in [2.75, 3.05) is 17.5 Å². The maximum Gasteiger partial charge on any atom is 0.339 e. The van der Waals surface area contributed by atoms with Crippen LogP contribution in [0.3, 0.4) is 0 Å². The Bertz CT molecular complexity index is 832. The summed E-state index contributed by atoms with van der Waals surface area (Å²) in [6, 6.07) is 7.61. The largest absolute Gasteiger partial charge is 0.462 e. The highest BCUT2D eigenvalue weighted by atomic mass is 35.5. The molecule has 0 fully saturated rings. The predicted molar refractivity (Wildman–Crippen MR) is 96.5 cm³/mol. The zero-order chi connectivity index (χ0) is 17.7. The van der Waals surface area contributed by atoms with Gasteiger partial charge in [0.05, 0.1) is 29.4 Å². The van der Waals surface area contributed by atoms with Crippen molar-refractivity contribution < 1.29 is 17.9 Å². The van der Waals surface area contributed by atoms with Crippen LogP contribution < -0.4 is 4.31 Å². The third-order valence-electron chi connectivity index (χ3n) is 3.07. The smallest absolute Gasteiger partial charge is 0.339 e. The standard InChI is InChI=1S/C16H16ClNO4S2/c1-3-9-18(24(20,21)15-6-5-10-23-15)12-7-8-13(14(17)11-12)16(19)22-4-2/h3,5-8,10-11H,1,4,9H2,2H3. The molecule has 0 atom stereocenters. The van der Waals surface area contributed by atoms with Gasteiger partial charge in [-0.1, -0.05) is 23.7 Å². The molecule has 2 rings (SSSR count). The summed E-state index contributed by atoms with van der Waals surface area (Å²) in [5, 5.41) is 1.82. The van der Waals surface area contributed by atoms with Crippen molar-refractivity contribution in [1.29, 1.82) is 0 Å². The van der Waals surface area contributed by atoms with Crippen LogP contribution in [0.2, 0.25) is 5.02 Å². The van der Waals surface area contributed by atoms with Crippen molar-refractivity contribution in [2.45, 2.75) is 11.1 Å². The van der Waals surface area contributed by atoms with Crippen molar-refractivity contribution >= 4 is 44.6 Å². The molecular weight excluding hydrogens is 370 g/mol. The van der Waals surface area contributed by atoms with Crippen LogP contribution in [-0.4, -0.2) is 27.5 Å². The second-order valence-corrected chi connectivity index (χ2v) is 8.09. The summed E-state index contributed by atoms with van der Waals surface area (Å²) in [6.45, 7) is 5.60. The van der Waals surface area contributed by atoms with Gasteiger partial charge in [0, 0.05) is 0 Å². The molecule has 0 unspecified atom stereocenters. The van der Waals surface area contributed by atoms with Gasteiger partial charge in [0.25, 0.3) is 10.0 Å². The molecule has 1 aromatic heterocycles. The second-order valence-electron chi connectivity index (χ2n) is 4.64. The minimum absolute atomic E-state index is 0.0787. The Kier molecular flexibility index (Phi) is 6.04. The Morgan fingerprint density at radius 1 is 1.42 bits per heavy atom. The number of anilines is 1. The number of esters is 1. The number of halogens is 1. The number of hydrogen-bond acceptors (Lipinski definition) is 5. The zero-order valence-corrected chi connectivity index (χ0v) is 15.3. The quantitative estimate of drug-likeness (QED) is 0.534. The highest BCUT2D eigenvalue weighted by Gasteiger charge is 2.26. The Labute approximate surface area is 150 Å². The molecule has 2 aromatic rings. The number of rotatable bonds is 7. The number of sulfonamides is 1. The molecule has 0 radical (unpaired) electrons. The maximum atomic E-state index is 12.8. The lowest BCUT2D eigenvalue weighted by Gasteiger charge is -2.22. The first-order valence-corrected chi connectivity index (χ1v) is 9.75. The van der Waals surface area contributed by atoms with Gasteiger partial charge in [0.1, 0.15) is 4.21 Å². The van der Waals surface area contributed by atoms with E-state index in [0.717, 1.165) is 11.3 Å². The van der Waals surface area contributed by atoms with E-state index in [1.54, 1.807) is 18.4 Å². The summed E-state index contributed by atoms with van der Waals surface area (Å²) in [6.07, 6.45) is 1.48. The number of ether oxygens (including phenoxy) is 1. The van der Waals surface area contributed by atoms with E-state index in [2.05, 4.69) is 6.58 Å². The lowest BCUT2D eigenvalue weighted by molar-refractivity contribution is 0.0526. The van der Waals surface area contributed by atoms with Gasteiger partial charge < -0.3 is 4.74 Å². The van der Waals surface area contributed by atoms with E-state index in [4.69, 9.17) is 16.3 Å². The van der Waals surface area contributed by atoms with Crippen LogP contribution >= 0.6 is 22.9 Å². The molecule has 0 spiro atoms. The minimum atomic E-state index is -3.73. The molecule has 1 heterocycles. The van der Waals surface area contributed by atoms with E-state index in [1.807, 2.05) is 0 Å². The molecule has 0 saturated heterocycles. The van der Waals surface area contributed by atoms with Crippen LogP contribution in [0.5, 0.6) is 0 Å². The zero-order valence-electron chi connectivity index (χ0n) is 12.9. The SMILES string of the molecule is C=CCN(c1ccc(C(=O)OCC)c(Cl)c1)S(=O)(=O)c1cccs1. The predicted octanol–water partition coefficient (Wildman–Crippen LogP) is 3.96. The van der Waals surface area contributed by atoms with E-state index >= 15 is 0 Å². The van der Waals surface area contributed by atoms with Gasteiger partial charge in [-0.2, -0.15) is 0 Å². The highest BCUT2D eigenvalue weighted by Crippen LogP contribution is 2.30. The summed E-state index contributed by atoms with van der Waals surface area (Å²) in [5.41, 5.74) is 0.538. The van der Waals surface area contributed by atoms with Crippen LogP contribution in [0.4, 0.5) is 5.69 Å². The van der Waals surface area contributed by atoms with Crippen LogP contribution in [0.1, 0.15) is 17.3 Å². The molecule has 24 heavy (non-hydrogen) atoms. The first kappa shape index (κ1) is 18.5. The van der Waals surface area contributed by atoms with E-state index in [-0.39, 0.29) is 27.9 Å². The van der Waals surface area contributed by atoms with Gasteiger partial charge >= 0.3 is 5.97 Å². The molecule has 0 aliphatic heterocycles. The number of carbonyl (C=O) groups is 1. The summed E-state index contributed by atoms with van der Waals surface area (Å²) in [5.74, 6) is -0.551. The Morgan fingerprint density at radius 3 is 2.71 bits per heavy atom. The summed E-state index contributed by atoms with van der Waals surface area (Å²) >= 11 is 7.26. The van der Waals surface area contributed by atoms with E-state index in [0.29, 0.717) is 5.69 Å². The van der Waals surface area contributed by atoms with Gasteiger partial charge in [-0.15, -0.1) is 17.9 Å². The summed E-state index contributed by atoms with van der Waals surface area (Å²) in [7, 11) is -3.73. The van der Waals surface area contributed by atoms with E-state index < -0.39 is 16.0 Å². The fourth-order valence-corrected chi connectivity index (χ4v) is 4.80. The van der Waals surface area contributed by atoms with Gasteiger partial charge in [-0.05, 0) is 36.6 Å². The van der Waals surface area contributed by atoms with Crippen molar-refractivity contribution in [3.8, 4) is 0 Å². The van der Waals surface area contributed by atoms with Crippen LogP contribution in [0.25, 0.3) is 0 Å². The highest BCUT2D eigenvalue weighted by molar-refractivity contribution is 7.94. The van der Waals surface area contributed by atoms with E-state index in [9.17, 15) is 13.2 Å². The first-order valence-electron chi connectivity index (χ1n) is 7.05. The van der Waals surface area contributed by atoms with Gasteiger partial charge in [0.15, 0.2) is 0 Å². The van der Waals surface area contributed by atoms with Crippen molar-refractivity contribution in [1.82, 2.24) is 0 Å². The fourth-order valence-electron chi connectivity index (χ4n) is 2.01. The molecule has 0 aliphatic rings. The lowest BCUT2D eigenvalue weighted by atomic mass is 10.2. The monoisotopic (exact) mass is 385 g/mol. The molecule has 0 amide bonds. The molecule has 0 bridgehead atoms. The molecule has 1 aromatic carbocycles. The molecule has 8 heteroatoms. The fraction of sp³-hybridized carbons (Fsp3) is 0.188. The Balaban J connectivity index is 2.44. The third-order valence-corrected chi connectivity index (χ3v) is 6.55. The van der Waals surface area contributed by atoms with Gasteiger partial charge in [0.2, 0.25) is 0 Å². The van der Waals surface area contributed by atoms with Crippen molar-refractivity contribution in [3.05, 3.63) is 59.0 Å². The number of benzene rings is 1. The molecule has 0 saturated carbocycles. The molecule has 0 N–H and O–H groups in total. The van der Waals surface area contributed by atoms with E-state index in [1.165, 1.54) is 34.6 Å². The number of hydrogen-bond donors (Lipinski definition) is 0. The Morgan fingerprint density at radius 2 is 2.17 bits per heavy atom. The van der Waals surface area contributed by atoms with Gasteiger partial charge in [-0.3, -0.25) is 4.31 Å². The van der Waals surface area contributed by atoms with Crippen LogP contribution in [0.15, 0.2) is 52.6 Å². The molecule has 128 valence electrons. The average molecular weight is 386 g/mol. The number of nitrogens with zero attached hydrogens (tertiary/aromatic N) is 1. The summed E-state index contributed by atoms with van der Waals surface area (Å²) < 4.78 is 31.9.